The first-order chi connectivity index (χ1) is 15.7. The first-order valence-corrected chi connectivity index (χ1v) is 11.2. The molecule has 0 saturated carbocycles. The molecule has 1 atom stereocenters. The Kier molecular flexibility index (Phi) is 7.63. The number of carboxylic acid groups (broad SMARTS) is 1. The zero-order valence-corrected chi connectivity index (χ0v) is 21.0. The molecule has 6 heteroatoms. The molecule has 2 aliphatic heterocycles. The van der Waals surface area contributed by atoms with E-state index in [1.807, 2.05) is 24.3 Å². The van der Waals surface area contributed by atoms with Gasteiger partial charge < -0.3 is 24.3 Å². The number of rotatable bonds is 7. The van der Waals surface area contributed by atoms with Crippen molar-refractivity contribution in [3.05, 3.63) is 89.0 Å². The van der Waals surface area contributed by atoms with Crippen molar-refractivity contribution in [3.8, 4) is 11.5 Å². The van der Waals surface area contributed by atoms with Gasteiger partial charge >= 0.3 is 29.6 Å². The maximum Gasteiger partial charge on any atom is 1.00 e. The number of ether oxygens (including phenoxy) is 2. The molecule has 0 fully saturated rings. The van der Waals surface area contributed by atoms with Crippen molar-refractivity contribution < 1.29 is 48.9 Å². The molecular weight excluding hydrogens is 425 g/mol. The molecule has 5 rings (SSSR count). The number of aryl methyl sites for hydroxylation is 1. The summed E-state index contributed by atoms with van der Waals surface area (Å²) in [6, 6.07) is 22.7. The van der Waals surface area contributed by atoms with E-state index < -0.39 is 5.97 Å². The second-order valence-corrected chi connectivity index (χ2v) is 8.51. The van der Waals surface area contributed by atoms with Gasteiger partial charge in [-0.15, -0.1) is 0 Å². The van der Waals surface area contributed by atoms with Crippen molar-refractivity contribution >= 4 is 11.7 Å². The van der Waals surface area contributed by atoms with Gasteiger partial charge in [-0.2, -0.15) is 0 Å². The van der Waals surface area contributed by atoms with E-state index in [0.717, 1.165) is 37.2 Å². The third-order valence-electron chi connectivity index (χ3n) is 6.28. The van der Waals surface area contributed by atoms with Gasteiger partial charge in [0.1, 0.15) is 18.1 Å². The molecule has 33 heavy (non-hydrogen) atoms. The van der Waals surface area contributed by atoms with Crippen LogP contribution in [-0.2, 0) is 24.4 Å². The van der Waals surface area contributed by atoms with Crippen molar-refractivity contribution in [2.24, 2.45) is 0 Å². The monoisotopic (exact) mass is 451 g/mol. The van der Waals surface area contributed by atoms with E-state index >= 15 is 0 Å². The Labute approximate surface area is 216 Å². The van der Waals surface area contributed by atoms with Gasteiger partial charge in [-0.25, -0.2) is 0 Å². The third kappa shape index (κ3) is 5.37. The van der Waals surface area contributed by atoms with Crippen molar-refractivity contribution in [2.75, 3.05) is 18.1 Å². The van der Waals surface area contributed by atoms with Crippen LogP contribution in [0.1, 0.15) is 41.0 Å². The first-order valence-electron chi connectivity index (χ1n) is 11.2. The van der Waals surface area contributed by atoms with Gasteiger partial charge in [0.2, 0.25) is 0 Å². The number of hydrogen-bond donors (Lipinski definition) is 0. The fourth-order valence-electron chi connectivity index (χ4n) is 4.78. The van der Waals surface area contributed by atoms with Gasteiger partial charge in [0, 0.05) is 47.9 Å². The zero-order valence-electron chi connectivity index (χ0n) is 19.0. The number of carbonyl (C=O) groups is 1. The van der Waals surface area contributed by atoms with Gasteiger partial charge in [-0.3, -0.25) is 0 Å². The van der Waals surface area contributed by atoms with Gasteiger partial charge in [-0.05, 0) is 36.5 Å². The summed E-state index contributed by atoms with van der Waals surface area (Å²) in [5, 5.41) is 11.0. The minimum Gasteiger partial charge on any atom is -0.550 e. The predicted octanol–water partition coefficient (Wildman–Crippen LogP) is 0.838. The van der Waals surface area contributed by atoms with Crippen LogP contribution < -0.4 is 49.0 Å². The third-order valence-corrected chi connectivity index (χ3v) is 6.28. The largest absolute Gasteiger partial charge is 1.00 e. The van der Waals surface area contributed by atoms with Crippen LogP contribution in [0.15, 0.2) is 66.7 Å². The van der Waals surface area contributed by atoms with Crippen LogP contribution in [0, 0.1) is 0 Å². The number of benzene rings is 3. The molecule has 5 nitrogen and oxygen atoms in total. The number of fused-ring (bicyclic) bond motifs is 2. The Balaban J connectivity index is 0.00000259. The Morgan fingerprint density at radius 1 is 1.09 bits per heavy atom. The smallest absolute Gasteiger partial charge is 0.550 e. The van der Waals surface area contributed by atoms with Gasteiger partial charge in [0.05, 0.1) is 6.61 Å². The minimum atomic E-state index is -1.05. The Hall–Kier alpha value is -2.47. The number of hydrogen-bond acceptors (Lipinski definition) is 5. The molecule has 0 radical (unpaired) electrons. The Morgan fingerprint density at radius 3 is 2.76 bits per heavy atom. The van der Waals surface area contributed by atoms with Crippen LogP contribution >= 0.6 is 0 Å². The van der Waals surface area contributed by atoms with E-state index in [1.54, 1.807) is 0 Å². The second kappa shape index (κ2) is 10.6. The van der Waals surface area contributed by atoms with Crippen LogP contribution in [0.5, 0.6) is 11.5 Å². The molecular formula is C27H26NNaO4. The van der Waals surface area contributed by atoms with Gasteiger partial charge in [-0.1, -0.05) is 54.6 Å². The molecule has 0 N–H and O–H groups in total. The van der Waals surface area contributed by atoms with E-state index in [9.17, 15) is 9.90 Å². The fourth-order valence-corrected chi connectivity index (χ4v) is 4.78. The number of carboxylic acids is 1. The predicted molar refractivity (Wildman–Crippen MR) is 121 cm³/mol. The molecule has 2 aliphatic rings. The van der Waals surface area contributed by atoms with E-state index in [4.69, 9.17) is 9.47 Å². The molecule has 2 heterocycles. The van der Waals surface area contributed by atoms with E-state index in [1.165, 1.54) is 22.4 Å². The van der Waals surface area contributed by atoms with Crippen LogP contribution in [0.2, 0.25) is 0 Å². The van der Waals surface area contributed by atoms with Gasteiger partial charge in [0.25, 0.3) is 0 Å². The van der Waals surface area contributed by atoms with Crippen LogP contribution in [0.4, 0.5) is 5.69 Å². The summed E-state index contributed by atoms with van der Waals surface area (Å²) < 4.78 is 11.9. The zero-order chi connectivity index (χ0) is 21.9. The molecule has 3 aromatic rings. The normalized spacial score (nSPS) is 16.2. The molecule has 0 aliphatic carbocycles. The van der Waals surface area contributed by atoms with Crippen LogP contribution in [0.3, 0.4) is 0 Å². The number of nitrogens with zero attached hydrogens (tertiary/aromatic N) is 1. The van der Waals surface area contributed by atoms with E-state index in [2.05, 4.69) is 47.4 Å². The summed E-state index contributed by atoms with van der Waals surface area (Å²) >= 11 is 0. The minimum absolute atomic E-state index is 0. The number of aliphatic carboxylic acids is 1. The Bertz CT molecular complexity index is 1120. The van der Waals surface area contributed by atoms with Crippen LogP contribution in [0.25, 0.3) is 0 Å². The standard InChI is InChI=1S/C27H27NO4.Na/c29-26(30)14-22-18-32-25-15-23(11-12-24(22)25)31-17-21-9-4-8-20-10-5-13-28(27(20)21)16-19-6-2-1-3-7-19;/h1-4,6-9,11-12,15,22H,5,10,13-14,16-18H2,(H,29,30);/q;+1/p-1. The molecule has 1 unspecified atom stereocenters. The quantitative estimate of drug-likeness (QED) is 0.499. The average molecular weight is 451 g/mol. The summed E-state index contributed by atoms with van der Waals surface area (Å²) in [6.07, 6.45) is 2.21. The average Bonchev–Trinajstić information content (AvgIpc) is 3.20. The maximum absolute atomic E-state index is 11.0. The number of anilines is 1. The van der Waals surface area contributed by atoms with E-state index in [0.29, 0.717) is 19.0 Å². The molecule has 0 spiro atoms. The van der Waals surface area contributed by atoms with Crippen molar-refractivity contribution in [3.63, 3.8) is 0 Å². The van der Waals surface area contributed by atoms with Crippen molar-refractivity contribution in [1.29, 1.82) is 0 Å². The van der Waals surface area contributed by atoms with E-state index in [-0.39, 0.29) is 41.9 Å². The molecule has 164 valence electrons. The van der Waals surface area contributed by atoms with Crippen LogP contribution in [-0.4, -0.2) is 19.1 Å². The summed E-state index contributed by atoms with van der Waals surface area (Å²) in [5.41, 5.74) is 6.05. The topological polar surface area (TPSA) is 61.8 Å². The van der Waals surface area contributed by atoms with Crippen molar-refractivity contribution in [2.45, 2.75) is 38.3 Å². The maximum atomic E-state index is 11.0. The number of carbonyl (C=O) groups excluding carboxylic acids is 1. The second-order valence-electron chi connectivity index (χ2n) is 8.51. The summed E-state index contributed by atoms with van der Waals surface area (Å²) in [7, 11) is 0. The summed E-state index contributed by atoms with van der Waals surface area (Å²) in [6.45, 7) is 2.76. The fraction of sp³-hybridized carbons (Fsp3) is 0.296. The molecule has 0 bridgehead atoms. The molecule has 0 aromatic heterocycles. The summed E-state index contributed by atoms with van der Waals surface area (Å²) in [4.78, 5) is 13.4. The van der Waals surface area contributed by atoms with Gasteiger partial charge in [0.15, 0.2) is 0 Å². The molecule has 0 saturated heterocycles. The Morgan fingerprint density at radius 2 is 1.94 bits per heavy atom. The molecule has 0 amide bonds. The summed E-state index contributed by atoms with van der Waals surface area (Å²) in [5.74, 6) is 0.216. The molecule has 3 aromatic carbocycles. The first kappa shape index (κ1) is 23.7. The SMILES string of the molecule is O=C([O-])CC1COc2cc(OCc3cccc4c3N(Cc3ccccc3)CCC4)ccc21.[Na+]. The van der Waals surface area contributed by atoms with Crippen molar-refractivity contribution in [1.82, 2.24) is 0 Å². The number of para-hydroxylation sites is 1.